The second-order valence-electron chi connectivity index (χ2n) is 7.23. The van der Waals surface area contributed by atoms with Crippen LogP contribution in [0.4, 0.5) is 11.4 Å². The lowest BCUT2D eigenvalue weighted by Crippen LogP contribution is -2.18. The van der Waals surface area contributed by atoms with Gasteiger partial charge in [0.1, 0.15) is 11.2 Å². The van der Waals surface area contributed by atoms with Crippen LogP contribution in [0.3, 0.4) is 0 Å². The molecule has 6 nitrogen and oxygen atoms in total. The molecule has 0 unspecified atom stereocenters. The van der Waals surface area contributed by atoms with Gasteiger partial charge in [-0.3, -0.25) is 9.52 Å². The highest BCUT2D eigenvalue weighted by molar-refractivity contribution is 7.92. The molecule has 0 saturated carbocycles. The maximum absolute atomic E-state index is 13.0. The summed E-state index contributed by atoms with van der Waals surface area (Å²) in [5.41, 5.74) is 2.37. The van der Waals surface area contributed by atoms with E-state index >= 15 is 0 Å². The van der Waals surface area contributed by atoms with Gasteiger partial charge in [-0.25, -0.2) is 8.42 Å². The summed E-state index contributed by atoms with van der Waals surface area (Å²) in [6, 6.07) is 27.6. The van der Waals surface area contributed by atoms with Crippen LogP contribution in [0, 0.1) is 0 Å². The molecule has 0 aliphatic heterocycles. The number of amides is 1. The van der Waals surface area contributed by atoms with Crippen molar-refractivity contribution in [3.63, 3.8) is 0 Å². The Kier molecular flexibility index (Phi) is 4.88. The van der Waals surface area contributed by atoms with E-state index in [9.17, 15) is 13.2 Å². The molecular formula is C25H18N2O4S. The molecule has 1 amide bonds. The number of hydrogen-bond donors (Lipinski definition) is 2. The maximum Gasteiger partial charge on any atom is 0.261 e. The van der Waals surface area contributed by atoms with Crippen LogP contribution in [-0.2, 0) is 10.0 Å². The van der Waals surface area contributed by atoms with Gasteiger partial charge in [0.2, 0.25) is 0 Å². The number of para-hydroxylation sites is 2. The fourth-order valence-corrected chi connectivity index (χ4v) is 4.68. The third-order valence-electron chi connectivity index (χ3n) is 5.11. The van der Waals surface area contributed by atoms with Gasteiger partial charge >= 0.3 is 0 Å². The minimum absolute atomic E-state index is 0.116. The van der Waals surface area contributed by atoms with Gasteiger partial charge in [-0.2, -0.15) is 0 Å². The Morgan fingerprint density at radius 2 is 1.41 bits per heavy atom. The highest BCUT2D eigenvalue weighted by Crippen LogP contribution is 2.30. The maximum atomic E-state index is 13.0. The predicted octanol–water partition coefficient (Wildman–Crippen LogP) is 5.64. The molecule has 0 fully saturated rings. The zero-order valence-corrected chi connectivity index (χ0v) is 17.6. The first-order valence-electron chi connectivity index (χ1n) is 9.91. The lowest BCUT2D eigenvalue weighted by Gasteiger charge is -2.13. The smallest absolute Gasteiger partial charge is 0.261 e. The van der Waals surface area contributed by atoms with Crippen LogP contribution in [0.25, 0.3) is 21.9 Å². The van der Waals surface area contributed by atoms with Gasteiger partial charge in [0.15, 0.2) is 0 Å². The molecule has 0 saturated heterocycles. The number of benzene rings is 4. The van der Waals surface area contributed by atoms with Crippen molar-refractivity contribution in [2.45, 2.75) is 4.90 Å². The Labute approximate surface area is 184 Å². The lowest BCUT2D eigenvalue weighted by molar-refractivity contribution is 0.102. The molecule has 0 spiro atoms. The molecule has 0 atom stereocenters. The normalized spacial score (nSPS) is 11.5. The van der Waals surface area contributed by atoms with Crippen molar-refractivity contribution in [3.05, 3.63) is 103 Å². The number of anilines is 2. The van der Waals surface area contributed by atoms with Crippen LogP contribution in [0.5, 0.6) is 0 Å². The van der Waals surface area contributed by atoms with Crippen molar-refractivity contribution in [2.75, 3.05) is 10.0 Å². The molecule has 0 aliphatic carbocycles. The van der Waals surface area contributed by atoms with Gasteiger partial charge in [0.05, 0.1) is 16.1 Å². The molecule has 0 radical (unpaired) electrons. The van der Waals surface area contributed by atoms with Crippen molar-refractivity contribution in [1.82, 2.24) is 0 Å². The second-order valence-corrected chi connectivity index (χ2v) is 8.91. The molecule has 7 heteroatoms. The van der Waals surface area contributed by atoms with E-state index in [0.717, 1.165) is 16.4 Å². The van der Waals surface area contributed by atoms with E-state index < -0.39 is 15.9 Å². The average Bonchev–Trinajstić information content (AvgIpc) is 3.17. The third-order valence-corrected chi connectivity index (χ3v) is 6.49. The van der Waals surface area contributed by atoms with E-state index in [1.165, 1.54) is 12.1 Å². The summed E-state index contributed by atoms with van der Waals surface area (Å²) in [4.78, 5) is 13.1. The number of hydrogen-bond acceptors (Lipinski definition) is 4. The predicted molar refractivity (Wildman–Crippen MR) is 125 cm³/mol. The molecule has 32 heavy (non-hydrogen) atoms. The fraction of sp³-hybridized carbons (Fsp3) is 0. The Morgan fingerprint density at radius 3 is 2.25 bits per heavy atom. The fourth-order valence-electron chi connectivity index (χ4n) is 3.58. The van der Waals surface area contributed by atoms with Gasteiger partial charge in [0, 0.05) is 22.5 Å². The van der Waals surface area contributed by atoms with Crippen molar-refractivity contribution in [1.29, 1.82) is 0 Å². The lowest BCUT2D eigenvalue weighted by atomic mass is 10.1. The Balaban J connectivity index is 1.43. The standard InChI is InChI=1S/C25H18N2O4S/c28-25(26-17-14-15-20-19-10-5-7-13-23(19)31-24(20)16-17)21-11-4-6-12-22(21)27-32(29,30)18-8-2-1-3-9-18/h1-16,27H,(H,26,28). The molecule has 1 heterocycles. The zero-order valence-electron chi connectivity index (χ0n) is 16.8. The third kappa shape index (κ3) is 3.70. The summed E-state index contributed by atoms with van der Waals surface area (Å²) in [6.07, 6.45) is 0. The molecule has 5 rings (SSSR count). The summed E-state index contributed by atoms with van der Waals surface area (Å²) in [7, 11) is -3.83. The van der Waals surface area contributed by atoms with Crippen LogP contribution in [-0.4, -0.2) is 14.3 Å². The van der Waals surface area contributed by atoms with E-state index in [2.05, 4.69) is 10.0 Å². The number of fused-ring (bicyclic) bond motifs is 3. The van der Waals surface area contributed by atoms with Crippen molar-refractivity contribution >= 4 is 49.2 Å². The number of nitrogens with one attached hydrogen (secondary N) is 2. The monoisotopic (exact) mass is 442 g/mol. The number of furan rings is 1. The van der Waals surface area contributed by atoms with Crippen molar-refractivity contribution < 1.29 is 17.6 Å². The van der Waals surface area contributed by atoms with Gasteiger partial charge in [-0.1, -0.05) is 48.5 Å². The highest BCUT2D eigenvalue weighted by Gasteiger charge is 2.19. The molecular weight excluding hydrogens is 424 g/mol. The van der Waals surface area contributed by atoms with Gasteiger partial charge in [-0.05, 0) is 42.5 Å². The molecule has 0 aliphatic rings. The topological polar surface area (TPSA) is 88.4 Å². The first-order valence-corrected chi connectivity index (χ1v) is 11.4. The molecule has 2 N–H and O–H groups in total. The minimum Gasteiger partial charge on any atom is -0.456 e. The average molecular weight is 442 g/mol. The van der Waals surface area contributed by atoms with Crippen molar-refractivity contribution in [2.24, 2.45) is 0 Å². The number of carbonyl (C=O) groups is 1. The Bertz CT molecular complexity index is 1560. The number of rotatable bonds is 5. The number of sulfonamides is 1. The van der Waals surface area contributed by atoms with Crippen LogP contribution < -0.4 is 10.0 Å². The Morgan fingerprint density at radius 1 is 0.719 bits per heavy atom. The molecule has 4 aromatic carbocycles. The molecule has 1 aromatic heterocycles. The minimum atomic E-state index is -3.83. The van der Waals surface area contributed by atoms with Crippen LogP contribution >= 0.6 is 0 Å². The van der Waals surface area contributed by atoms with Crippen LogP contribution in [0.1, 0.15) is 10.4 Å². The highest BCUT2D eigenvalue weighted by atomic mass is 32.2. The first kappa shape index (κ1) is 19.8. The molecule has 5 aromatic rings. The molecule has 158 valence electrons. The quantitative estimate of drug-likeness (QED) is 0.369. The summed E-state index contributed by atoms with van der Waals surface area (Å²) >= 11 is 0. The van der Waals surface area contributed by atoms with E-state index in [1.807, 2.05) is 30.3 Å². The zero-order chi connectivity index (χ0) is 22.1. The largest absolute Gasteiger partial charge is 0.456 e. The SMILES string of the molecule is O=C(Nc1ccc2c(c1)oc1ccccc12)c1ccccc1NS(=O)(=O)c1ccccc1. The molecule has 0 bridgehead atoms. The van der Waals surface area contributed by atoms with Gasteiger partial charge in [-0.15, -0.1) is 0 Å². The summed E-state index contributed by atoms with van der Waals surface area (Å²) in [6.45, 7) is 0. The van der Waals surface area contributed by atoms with Crippen molar-refractivity contribution in [3.8, 4) is 0 Å². The Hall–Kier alpha value is -4.10. The summed E-state index contributed by atoms with van der Waals surface area (Å²) < 4.78 is 33.8. The van der Waals surface area contributed by atoms with Gasteiger partial charge < -0.3 is 9.73 Å². The van der Waals surface area contributed by atoms with Crippen LogP contribution in [0.2, 0.25) is 0 Å². The first-order chi connectivity index (χ1) is 15.5. The van der Waals surface area contributed by atoms with E-state index in [-0.39, 0.29) is 16.1 Å². The summed E-state index contributed by atoms with van der Waals surface area (Å²) in [5, 5.41) is 4.78. The van der Waals surface area contributed by atoms with Gasteiger partial charge in [0.25, 0.3) is 15.9 Å². The number of carbonyl (C=O) groups excluding carboxylic acids is 1. The second kappa shape index (κ2) is 7.86. The van der Waals surface area contributed by atoms with Crippen LogP contribution in [0.15, 0.2) is 106 Å². The van der Waals surface area contributed by atoms with E-state index in [0.29, 0.717) is 11.3 Å². The van der Waals surface area contributed by atoms with E-state index in [4.69, 9.17) is 4.42 Å². The van der Waals surface area contributed by atoms with E-state index in [1.54, 1.807) is 54.6 Å². The summed E-state index contributed by atoms with van der Waals surface area (Å²) in [5.74, 6) is -0.438.